The second-order valence-corrected chi connectivity index (χ2v) is 7.42. The van der Waals surface area contributed by atoms with Gasteiger partial charge in [-0.2, -0.15) is 4.31 Å². The maximum atomic E-state index is 12.7. The predicted molar refractivity (Wildman–Crippen MR) is 89.3 cm³/mol. The van der Waals surface area contributed by atoms with E-state index in [2.05, 4.69) is 5.32 Å². The van der Waals surface area contributed by atoms with Crippen LogP contribution in [0.15, 0.2) is 24.3 Å². The minimum absolute atomic E-state index is 0. The molecule has 0 radical (unpaired) electrons. The van der Waals surface area contributed by atoms with Gasteiger partial charge in [-0.05, 0) is 31.9 Å². The number of nitrogens with zero attached hydrogens (tertiary/aromatic N) is 1. The SMILES string of the molecule is CCCN(C1CCNC1)S(=O)(=O)Cc1cccc(C)c1.Cl. The van der Waals surface area contributed by atoms with Crippen molar-refractivity contribution < 1.29 is 8.42 Å². The van der Waals surface area contributed by atoms with Crippen LogP contribution < -0.4 is 5.32 Å². The molecule has 1 aromatic rings. The fourth-order valence-corrected chi connectivity index (χ4v) is 4.61. The molecule has 0 saturated carbocycles. The van der Waals surface area contributed by atoms with Crippen molar-refractivity contribution >= 4 is 22.4 Å². The number of nitrogens with one attached hydrogen (secondary N) is 1. The maximum absolute atomic E-state index is 12.7. The van der Waals surface area contributed by atoms with Crippen molar-refractivity contribution in [3.05, 3.63) is 35.4 Å². The average Bonchev–Trinajstić information content (AvgIpc) is 2.88. The van der Waals surface area contributed by atoms with Gasteiger partial charge >= 0.3 is 0 Å². The summed E-state index contributed by atoms with van der Waals surface area (Å²) in [5.74, 6) is 0.102. The van der Waals surface area contributed by atoms with Crippen molar-refractivity contribution in [3.8, 4) is 0 Å². The molecule has 1 unspecified atom stereocenters. The minimum Gasteiger partial charge on any atom is -0.315 e. The molecular weight excluding hydrogens is 308 g/mol. The molecule has 1 fully saturated rings. The smallest absolute Gasteiger partial charge is 0.218 e. The molecule has 1 saturated heterocycles. The van der Waals surface area contributed by atoms with Gasteiger partial charge in [-0.25, -0.2) is 8.42 Å². The summed E-state index contributed by atoms with van der Waals surface area (Å²) in [6, 6.07) is 7.86. The highest BCUT2D eigenvalue weighted by molar-refractivity contribution is 7.88. The molecule has 1 aliphatic heterocycles. The molecule has 0 aromatic heterocycles. The average molecular weight is 333 g/mol. The zero-order valence-electron chi connectivity index (χ0n) is 12.7. The highest BCUT2D eigenvalue weighted by Crippen LogP contribution is 2.18. The number of sulfonamides is 1. The van der Waals surface area contributed by atoms with Crippen molar-refractivity contribution in [2.75, 3.05) is 19.6 Å². The van der Waals surface area contributed by atoms with Gasteiger partial charge in [-0.15, -0.1) is 12.4 Å². The van der Waals surface area contributed by atoms with Gasteiger partial charge in [-0.3, -0.25) is 0 Å². The van der Waals surface area contributed by atoms with Crippen LogP contribution in [0.2, 0.25) is 0 Å². The van der Waals surface area contributed by atoms with Crippen LogP contribution in [0, 0.1) is 6.92 Å². The molecule has 1 aliphatic rings. The molecule has 1 aromatic carbocycles. The van der Waals surface area contributed by atoms with Crippen LogP contribution in [0.4, 0.5) is 0 Å². The fourth-order valence-electron chi connectivity index (χ4n) is 2.75. The monoisotopic (exact) mass is 332 g/mol. The number of hydrogen-bond donors (Lipinski definition) is 1. The van der Waals surface area contributed by atoms with Gasteiger partial charge in [0.25, 0.3) is 0 Å². The van der Waals surface area contributed by atoms with Gasteiger partial charge in [0, 0.05) is 19.1 Å². The summed E-state index contributed by atoms with van der Waals surface area (Å²) in [4.78, 5) is 0. The number of hydrogen-bond acceptors (Lipinski definition) is 3. The van der Waals surface area contributed by atoms with Crippen LogP contribution in [-0.2, 0) is 15.8 Å². The lowest BCUT2D eigenvalue weighted by Crippen LogP contribution is -2.42. The summed E-state index contributed by atoms with van der Waals surface area (Å²) in [7, 11) is -3.24. The molecule has 4 nitrogen and oxygen atoms in total. The van der Waals surface area contributed by atoms with Crippen LogP contribution >= 0.6 is 12.4 Å². The van der Waals surface area contributed by atoms with E-state index in [-0.39, 0.29) is 24.2 Å². The standard InChI is InChI=1S/C15H24N2O2S.ClH/c1-3-9-17(15-7-8-16-11-15)20(18,19)12-14-6-4-5-13(2)10-14;/h4-6,10,15-16H,3,7-9,11-12H2,1-2H3;1H. The zero-order valence-corrected chi connectivity index (χ0v) is 14.3. The molecule has 21 heavy (non-hydrogen) atoms. The summed E-state index contributed by atoms with van der Waals surface area (Å²) in [5.41, 5.74) is 1.97. The van der Waals surface area contributed by atoms with E-state index in [9.17, 15) is 8.42 Å². The van der Waals surface area contributed by atoms with Gasteiger partial charge < -0.3 is 5.32 Å². The molecule has 6 heteroatoms. The molecule has 0 spiro atoms. The van der Waals surface area contributed by atoms with Crippen LogP contribution in [-0.4, -0.2) is 38.4 Å². The first-order valence-electron chi connectivity index (χ1n) is 7.28. The van der Waals surface area contributed by atoms with Crippen LogP contribution in [0.5, 0.6) is 0 Å². The van der Waals surface area contributed by atoms with Crippen molar-refractivity contribution in [2.45, 2.75) is 38.5 Å². The van der Waals surface area contributed by atoms with Crippen molar-refractivity contribution in [2.24, 2.45) is 0 Å². The lowest BCUT2D eigenvalue weighted by Gasteiger charge is -2.27. The highest BCUT2D eigenvalue weighted by atomic mass is 35.5. The quantitative estimate of drug-likeness (QED) is 0.869. The second-order valence-electron chi connectivity index (χ2n) is 5.50. The molecule has 2 rings (SSSR count). The highest BCUT2D eigenvalue weighted by Gasteiger charge is 2.31. The summed E-state index contributed by atoms with van der Waals surface area (Å²) in [6.07, 6.45) is 1.76. The minimum atomic E-state index is -3.24. The van der Waals surface area contributed by atoms with Crippen molar-refractivity contribution in [3.63, 3.8) is 0 Å². The molecule has 0 amide bonds. The van der Waals surface area contributed by atoms with Crippen molar-refractivity contribution in [1.82, 2.24) is 9.62 Å². The molecule has 1 N–H and O–H groups in total. The summed E-state index contributed by atoms with van der Waals surface area (Å²) < 4.78 is 27.1. The predicted octanol–water partition coefficient (Wildman–Crippen LogP) is 2.32. The Morgan fingerprint density at radius 2 is 2.14 bits per heavy atom. The fraction of sp³-hybridized carbons (Fsp3) is 0.600. The summed E-state index contributed by atoms with van der Waals surface area (Å²) in [6.45, 7) is 6.30. The number of halogens is 1. The van der Waals surface area contributed by atoms with E-state index in [0.29, 0.717) is 6.54 Å². The molecule has 0 bridgehead atoms. The molecule has 120 valence electrons. The van der Waals surface area contributed by atoms with Gasteiger partial charge in [0.15, 0.2) is 0 Å². The lowest BCUT2D eigenvalue weighted by molar-refractivity contribution is 0.334. The first kappa shape index (κ1) is 18.4. The second kappa shape index (κ2) is 8.13. The molecular formula is C15H25ClN2O2S. The Bertz CT molecular complexity index is 542. The molecule has 1 heterocycles. The number of rotatable bonds is 6. The van der Waals surface area contributed by atoms with E-state index in [0.717, 1.165) is 37.1 Å². The Balaban J connectivity index is 0.00000220. The third-order valence-electron chi connectivity index (χ3n) is 3.67. The Morgan fingerprint density at radius 3 is 2.71 bits per heavy atom. The van der Waals surface area contributed by atoms with Crippen LogP contribution in [0.1, 0.15) is 30.9 Å². The summed E-state index contributed by atoms with van der Waals surface area (Å²) >= 11 is 0. The van der Waals surface area contributed by atoms with Gasteiger partial charge in [-0.1, -0.05) is 36.8 Å². The van der Waals surface area contributed by atoms with E-state index in [4.69, 9.17) is 0 Å². The van der Waals surface area contributed by atoms with Gasteiger partial charge in [0.05, 0.1) is 5.75 Å². The third kappa shape index (κ3) is 4.95. The Kier molecular flexibility index (Phi) is 7.13. The maximum Gasteiger partial charge on any atom is 0.218 e. The van der Waals surface area contributed by atoms with Gasteiger partial charge in [0.2, 0.25) is 10.0 Å². The summed E-state index contributed by atoms with van der Waals surface area (Å²) in [5, 5.41) is 3.25. The van der Waals surface area contributed by atoms with E-state index in [1.807, 2.05) is 38.1 Å². The van der Waals surface area contributed by atoms with E-state index >= 15 is 0 Å². The van der Waals surface area contributed by atoms with Gasteiger partial charge in [0.1, 0.15) is 0 Å². The van der Waals surface area contributed by atoms with E-state index in [1.54, 1.807) is 4.31 Å². The Labute approximate surface area is 134 Å². The number of benzene rings is 1. The largest absolute Gasteiger partial charge is 0.315 e. The topological polar surface area (TPSA) is 49.4 Å². The lowest BCUT2D eigenvalue weighted by atomic mass is 10.2. The van der Waals surface area contributed by atoms with Crippen LogP contribution in [0.3, 0.4) is 0 Å². The first-order valence-corrected chi connectivity index (χ1v) is 8.89. The Hall–Kier alpha value is -0.620. The normalized spacial score (nSPS) is 18.7. The van der Waals surface area contributed by atoms with Crippen LogP contribution in [0.25, 0.3) is 0 Å². The van der Waals surface area contributed by atoms with E-state index in [1.165, 1.54) is 0 Å². The van der Waals surface area contributed by atoms with Crippen molar-refractivity contribution in [1.29, 1.82) is 0 Å². The number of aryl methyl sites for hydroxylation is 1. The molecule has 0 aliphatic carbocycles. The first-order chi connectivity index (χ1) is 9.53. The Morgan fingerprint density at radius 1 is 1.38 bits per heavy atom. The molecule has 1 atom stereocenters. The zero-order chi connectivity index (χ0) is 14.6. The third-order valence-corrected chi connectivity index (χ3v) is 5.57. The van der Waals surface area contributed by atoms with E-state index < -0.39 is 10.0 Å².